The minimum Gasteiger partial charge on any atom is -0.489 e. The van der Waals surface area contributed by atoms with Gasteiger partial charge in [0.2, 0.25) is 0 Å². The van der Waals surface area contributed by atoms with Crippen molar-refractivity contribution in [1.29, 1.82) is 0 Å². The number of nitrogens with zero attached hydrogens (tertiary/aromatic N) is 3. The summed E-state index contributed by atoms with van der Waals surface area (Å²) in [6.45, 7) is 3.93. The molecule has 2 aromatic heterocycles. The molecule has 1 unspecified atom stereocenters. The summed E-state index contributed by atoms with van der Waals surface area (Å²) in [4.78, 5) is 12.4. The number of rotatable bonds is 5. The van der Waals surface area contributed by atoms with Gasteiger partial charge in [-0.2, -0.15) is 0 Å². The summed E-state index contributed by atoms with van der Waals surface area (Å²) >= 11 is 0. The van der Waals surface area contributed by atoms with Crippen LogP contribution < -0.4 is 16.0 Å². The van der Waals surface area contributed by atoms with Crippen molar-refractivity contribution >= 4 is 0 Å². The van der Waals surface area contributed by atoms with Gasteiger partial charge in [-0.15, -0.1) is 0 Å². The van der Waals surface area contributed by atoms with Gasteiger partial charge in [-0.3, -0.25) is 20.8 Å². The normalized spacial score (nSPS) is 12.4. The van der Waals surface area contributed by atoms with Crippen LogP contribution in [0.3, 0.4) is 0 Å². The molecule has 0 aliphatic carbocycles. The van der Waals surface area contributed by atoms with Crippen molar-refractivity contribution in [3.63, 3.8) is 0 Å². The highest BCUT2D eigenvalue weighted by molar-refractivity contribution is 5.30. The van der Waals surface area contributed by atoms with Crippen molar-refractivity contribution in [1.82, 2.24) is 20.4 Å². The Morgan fingerprint density at radius 3 is 2.63 bits per heavy atom. The third-order valence-corrected chi connectivity index (χ3v) is 2.49. The molecule has 2 rings (SSSR count). The van der Waals surface area contributed by atoms with Crippen LogP contribution in [0.15, 0.2) is 37.1 Å². The first kappa shape index (κ1) is 13.4. The number of nitrogens with one attached hydrogen (secondary N) is 1. The first-order chi connectivity index (χ1) is 9.20. The van der Waals surface area contributed by atoms with E-state index in [1.54, 1.807) is 31.0 Å². The van der Waals surface area contributed by atoms with Crippen LogP contribution in [0.2, 0.25) is 0 Å². The topological polar surface area (TPSA) is 86.0 Å². The van der Waals surface area contributed by atoms with Gasteiger partial charge in [0.1, 0.15) is 5.75 Å². The van der Waals surface area contributed by atoms with Gasteiger partial charge in [-0.05, 0) is 25.5 Å². The fraction of sp³-hybridized carbons (Fsp3) is 0.308. The maximum absolute atomic E-state index is 5.62. The van der Waals surface area contributed by atoms with Crippen molar-refractivity contribution in [2.75, 3.05) is 0 Å². The second-order valence-corrected chi connectivity index (χ2v) is 4.35. The van der Waals surface area contributed by atoms with E-state index in [-0.39, 0.29) is 12.1 Å². The lowest BCUT2D eigenvalue weighted by Crippen LogP contribution is -2.29. The Kier molecular flexibility index (Phi) is 4.38. The zero-order valence-electron chi connectivity index (χ0n) is 10.9. The molecule has 0 aromatic carbocycles. The van der Waals surface area contributed by atoms with E-state index >= 15 is 0 Å². The Morgan fingerprint density at radius 1 is 1.16 bits per heavy atom. The van der Waals surface area contributed by atoms with E-state index in [1.807, 2.05) is 19.9 Å². The highest BCUT2D eigenvalue weighted by Crippen LogP contribution is 2.22. The average Bonchev–Trinajstić information content (AvgIpc) is 2.40. The molecule has 0 amide bonds. The Labute approximate surface area is 112 Å². The molecule has 0 fully saturated rings. The maximum Gasteiger partial charge on any atom is 0.138 e. The predicted octanol–water partition coefficient (Wildman–Crippen LogP) is 1.21. The summed E-state index contributed by atoms with van der Waals surface area (Å²) in [6.07, 6.45) is 8.41. The third kappa shape index (κ3) is 3.46. The van der Waals surface area contributed by atoms with Gasteiger partial charge in [0.15, 0.2) is 0 Å². The SMILES string of the molecule is CC(C)Oc1cncc(C(NN)c2cnccn2)c1. The van der Waals surface area contributed by atoms with Crippen LogP contribution in [0.25, 0.3) is 0 Å². The number of ether oxygens (including phenoxy) is 1. The Hall–Kier alpha value is -2.05. The first-order valence-corrected chi connectivity index (χ1v) is 6.04. The second kappa shape index (κ2) is 6.21. The van der Waals surface area contributed by atoms with Crippen LogP contribution in [0.5, 0.6) is 5.75 Å². The van der Waals surface area contributed by atoms with E-state index in [1.165, 1.54) is 0 Å². The molecule has 0 aliphatic heterocycles. The fourth-order valence-electron chi connectivity index (χ4n) is 1.74. The van der Waals surface area contributed by atoms with E-state index in [0.717, 1.165) is 11.3 Å². The molecule has 0 radical (unpaired) electrons. The third-order valence-electron chi connectivity index (χ3n) is 2.49. The lowest BCUT2D eigenvalue weighted by atomic mass is 10.1. The zero-order chi connectivity index (χ0) is 13.7. The molecule has 0 aliphatic rings. The number of aromatic nitrogens is 3. The largest absolute Gasteiger partial charge is 0.489 e. The van der Waals surface area contributed by atoms with Crippen LogP contribution in [0.4, 0.5) is 0 Å². The van der Waals surface area contributed by atoms with Gasteiger partial charge in [0, 0.05) is 18.6 Å². The molecule has 0 bridgehead atoms. The standard InChI is InChI=1S/C13H17N5O/c1-9(2)19-11-5-10(6-16-7-11)13(18-14)12-8-15-3-4-17-12/h3-9,13,18H,14H2,1-2H3. The lowest BCUT2D eigenvalue weighted by molar-refractivity contribution is 0.241. The molecule has 6 nitrogen and oxygen atoms in total. The van der Waals surface area contributed by atoms with Gasteiger partial charge in [0.25, 0.3) is 0 Å². The lowest BCUT2D eigenvalue weighted by Gasteiger charge is -2.16. The molecule has 2 aromatic rings. The van der Waals surface area contributed by atoms with E-state index in [4.69, 9.17) is 10.6 Å². The van der Waals surface area contributed by atoms with Crippen molar-refractivity contribution in [3.05, 3.63) is 48.3 Å². The van der Waals surface area contributed by atoms with E-state index in [9.17, 15) is 0 Å². The number of hydrogen-bond donors (Lipinski definition) is 2. The molecule has 100 valence electrons. The highest BCUT2D eigenvalue weighted by Gasteiger charge is 2.15. The van der Waals surface area contributed by atoms with Crippen LogP contribution in [-0.2, 0) is 0 Å². The zero-order valence-corrected chi connectivity index (χ0v) is 10.9. The van der Waals surface area contributed by atoms with Crippen LogP contribution >= 0.6 is 0 Å². The Morgan fingerprint density at radius 2 is 2.00 bits per heavy atom. The smallest absolute Gasteiger partial charge is 0.138 e. The first-order valence-electron chi connectivity index (χ1n) is 6.04. The molecule has 0 spiro atoms. The fourth-order valence-corrected chi connectivity index (χ4v) is 1.74. The molecular formula is C13H17N5O. The Balaban J connectivity index is 2.28. The summed E-state index contributed by atoms with van der Waals surface area (Å²) in [5.74, 6) is 6.31. The summed E-state index contributed by atoms with van der Waals surface area (Å²) in [5.41, 5.74) is 4.32. The van der Waals surface area contributed by atoms with Gasteiger partial charge < -0.3 is 4.74 Å². The minimum absolute atomic E-state index is 0.0952. The highest BCUT2D eigenvalue weighted by atomic mass is 16.5. The van der Waals surface area contributed by atoms with Crippen molar-refractivity contribution < 1.29 is 4.74 Å². The summed E-state index contributed by atoms with van der Waals surface area (Å²) in [6, 6.07) is 1.63. The van der Waals surface area contributed by atoms with E-state index in [0.29, 0.717) is 5.75 Å². The summed E-state index contributed by atoms with van der Waals surface area (Å²) in [5, 5.41) is 0. The van der Waals surface area contributed by atoms with Gasteiger partial charge >= 0.3 is 0 Å². The predicted molar refractivity (Wildman–Crippen MR) is 71.2 cm³/mol. The monoisotopic (exact) mass is 259 g/mol. The maximum atomic E-state index is 5.62. The molecule has 6 heteroatoms. The quantitative estimate of drug-likeness (QED) is 0.620. The molecular weight excluding hydrogens is 242 g/mol. The number of pyridine rings is 1. The van der Waals surface area contributed by atoms with Crippen molar-refractivity contribution in [3.8, 4) is 5.75 Å². The molecule has 19 heavy (non-hydrogen) atoms. The van der Waals surface area contributed by atoms with Crippen LogP contribution in [0, 0.1) is 0 Å². The number of hydrazine groups is 1. The van der Waals surface area contributed by atoms with Gasteiger partial charge in [-0.25, -0.2) is 5.43 Å². The number of hydrogen-bond acceptors (Lipinski definition) is 6. The van der Waals surface area contributed by atoms with Crippen molar-refractivity contribution in [2.45, 2.75) is 26.0 Å². The molecule has 3 N–H and O–H groups in total. The Bertz CT molecular complexity index is 517. The second-order valence-electron chi connectivity index (χ2n) is 4.35. The minimum atomic E-state index is -0.267. The molecule has 2 heterocycles. The average molecular weight is 259 g/mol. The van der Waals surface area contributed by atoms with Gasteiger partial charge in [-0.1, -0.05) is 0 Å². The molecule has 0 saturated heterocycles. The summed E-state index contributed by atoms with van der Waals surface area (Å²) < 4.78 is 5.62. The van der Waals surface area contributed by atoms with Crippen molar-refractivity contribution in [2.24, 2.45) is 5.84 Å². The molecule has 0 saturated carbocycles. The summed E-state index contributed by atoms with van der Waals surface area (Å²) in [7, 11) is 0. The van der Waals surface area contributed by atoms with E-state index < -0.39 is 0 Å². The van der Waals surface area contributed by atoms with Crippen LogP contribution in [0.1, 0.15) is 31.1 Å². The van der Waals surface area contributed by atoms with E-state index in [2.05, 4.69) is 20.4 Å². The molecule has 1 atom stereocenters. The van der Waals surface area contributed by atoms with Gasteiger partial charge in [0.05, 0.1) is 30.2 Å². The number of nitrogens with two attached hydrogens (primary N) is 1. The van der Waals surface area contributed by atoms with Crippen LogP contribution in [-0.4, -0.2) is 21.1 Å².